The largest absolute Gasteiger partial charge is 0.573 e. The standard InChI is InChI=1S/C9H7F4NO3/c1-16-8(15)6-4(14)2-3-5(7(6)10)17-9(11,12)13/h2-3H,14H2,1H3. The summed E-state index contributed by atoms with van der Waals surface area (Å²) in [5, 5.41) is 0. The van der Waals surface area contributed by atoms with Crippen molar-refractivity contribution in [1.82, 2.24) is 0 Å². The van der Waals surface area contributed by atoms with Gasteiger partial charge in [0.15, 0.2) is 11.6 Å². The van der Waals surface area contributed by atoms with E-state index in [9.17, 15) is 22.4 Å². The van der Waals surface area contributed by atoms with Crippen molar-refractivity contribution in [3.63, 3.8) is 0 Å². The lowest BCUT2D eigenvalue weighted by atomic mass is 10.1. The topological polar surface area (TPSA) is 61.5 Å². The van der Waals surface area contributed by atoms with E-state index in [1.54, 1.807) is 0 Å². The molecule has 0 bridgehead atoms. The van der Waals surface area contributed by atoms with Gasteiger partial charge in [-0.3, -0.25) is 0 Å². The maximum absolute atomic E-state index is 13.5. The fourth-order valence-electron chi connectivity index (χ4n) is 1.08. The van der Waals surface area contributed by atoms with Gasteiger partial charge in [0.25, 0.3) is 0 Å². The molecule has 2 N–H and O–H groups in total. The van der Waals surface area contributed by atoms with Crippen LogP contribution >= 0.6 is 0 Å². The van der Waals surface area contributed by atoms with E-state index in [4.69, 9.17) is 5.73 Å². The van der Waals surface area contributed by atoms with Crippen LogP contribution in [0, 0.1) is 5.82 Å². The second-order valence-corrected chi connectivity index (χ2v) is 2.88. The number of hydrogen-bond acceptors (Lipinski definition) is 4. The van der Waals surface area contributed by atoms with E-state index in [0.717, 1.165) is 13.2 Å². The molecule has 8 heteroatoms. The van der Waals surface area contributed by atoms with Gasteiger partial charge < -0.3 is 15.2 Å². The van der Waals surface area contributed by atoms with Gasteiger partial charge in [-0.1, -0.05) is 0 Å². The summed E-state index contributed by atoms with van der Waals surface area (Å²) in [6.45, 7) is 0. The molecule has 1 aromatic rings. The zero-order valence-electron chi connectivity index (χ0n) is 8.47. The number of ether oxygens (including phenoxy) is 2. The second-order valence-electron chi connectivity index (χ2n) is 2.88. The highest BCUT2D eigenvalue weighted by atomic mass is 19.4. The Balaban J connectivity index is 3.24. The minimum Gasteiger partial charge on any atom is -0.465 e. The molecule has 0 atom stereocenters. The highest BCUT2D eigenvalue weighted by molar-refractivity contribution is 5.95. The van der Waals surface area contributed by atoms with Crippen LogP contribution in [0.4, 0.5) is 23.2 Å². The van der Waals surface area contributed by atoms with E-state index >= 15 is 0 Å². The molecule has 0 unspecified atom stereocenters. The van der Waals surface area contributed by atoms with Crippen molar-refractivity contribution < 1.29 is 31.8 Å². The van der Waals surface area contributed by atoms with Crippen LogP contribution in [0.1, 0.15) is 10.4 Å². The number of carbonyl (C=O) groups is 1. The molecule has 0 heterocycles. The van der Waals surface area contributed by atoms with Crippen molar-refractivity contribution >= 4 is 11.7 Å². The molecule has 17 heavy (non-hydrogen) atoms. The Morgan fingerprint density at radius 1 is 1.35 bits per heavy atom. The van der Waals surface area contributed by atoms with Crippen molar-refractivity contribution in [2.24, 2.45) is 0 Å². The maximum atomic E-state index is 13.5. The second kappa shape index (κ2) is 4.48. The van der Waals surface area contributed by atoms with E-state index < -0.39 is 29.5 Å². The molecule has 0 aliphatic heterocycles. The summed E-state index contributed by atoms with van der Waals surface area (Å²) >= 11 is 0. The smallest absolute Gasteiger partial charge is 0.465 e. The number of nitrogen functional groups attached to an aromatic ring is 1. The van der Waals surface area contributed by atoms with Gasteiger partial charge >= 0.3 is 12.3 Å². The molecule has 1 aromatic carbocycles. The molecule has 4 nitrogen and oxygen atoms in total. The molecule has 0 fully saturated rings. The fraction of sp³-hybridized carbons (Fsp3) is 0.222. The minimum absolute atomic E-state index is 0.344. The van der Waals surface area contributed by atoms with Gasteiger partial charge in [0.2, 0.25) is 0 Å². The van der Waals surface area contributed by atoms with Crippen LogP contribution in [0.2, 0.25) is 0 Å². The summed E-state index contributed by atoms with van der Waals surface area (Å²) < 4.78 is 56.8. The minimum atomic E-state index is -5.07. The van der Waals surface area contributed by atoms with E-state index in [1.807, 2.05) is 0 Å². The molecule has 0 spiro atoms. The van der Waals surface area contributed by atoms with Crippen molar-refractivity contribution in [2.75, 3.05) is 12.8 Å². The monoisotopic (exact) mass is 253 g/mol. The molecule has 0 aliphatic rings. The number of benzene rings is 1. The number of halogens is 4. The highest BCUT2D eigenvalue weighted by Gasteiger charge is 2.33. The summed E-state index contributed by atoms with van der Waals surface area (Å²) in [4.78, 5) is 11.1. The molecular weight excluding hydrogens is 246 g/mol. The molecule has 0 radical (unpaired) electrons. The number of alkyl halides is 3. The molecule has 0 saturated carbocycles. The SMILES string of the molecule is COC(=O)c1c(N)ccc(OC(F)(F)F)c1F. The molecule has 94 valence electrons. The first-order valence-corrected chi connectivity index (χ1v) is 4.18. The van der Waals surface area contributed by atoms with Gasteiger partial charge in [-0.05, 0) is 12.1 Å². The van der Waals surface area contributed by atoms with Crippen LogP contribution in [0.3, 0.4) is 0 Å². The average molecular weight is 253 g/mol. The lowest BCUT2D eigenvalue weighted by Gasteiger charge is -2.12. The third kappa shape index (κ3) is 2.99. The van der Waals surface area contributed by atoms with Crippen LogP contribution in [-0.4, -0.2) is 19.4 Å². The van der Waals surface area contributed by atoms with Gasteiger partial charge in [0.1, 0.15) is 5.56 Å². The van der Waals surface area contributed by atoms with Crippen LogP contribution in [0.15, 0.2) is 12.1 Å². The number of hydrogen-bond donors (Lipinski definition) is 1. The third-order valence-electron chi connectivity index (χ3n) is 1.75. The zero-order chi connectivity index (χ0) is 13.2. The highest BCUT2D eigenvalue weighted by Crippen LogP contribution is 2.30. The van der Waals surface area contributed by atoms with Crippen molar-refractivity contribution in [1.29, 1.82) is 0 Å². The van der Waals surface area contributed by atoms with Gasteiger partial charge in [0, 0.05) is 5.69 Å². The fourth-order valence-corrected chi connectivity index (χ4v) is 1.08. The quantitative estimate of drug-likeness (QED) is 0.498. The number of nitrogens with two attached hydrogens (primary N) is 1. The molecule has 0 amide bonds. The summed E-state index contributed by atoms with van der Waals surface area (Å²) in [5.74, 6) is -3.85. The first-order chi connectivity index (χ1) is 7.76. The Kier molecular flexibility index (Phi) is 3.45. The molecule has 0 aliphatic carbocycles. The van der Waals surface area contributed by atoms with Crippen molar-refractivity contribution in [3.05, 3.63) is 23.5 Å². The van der Waals surface area contributed by atoms with Crippen LogP contribution in [-0.2, 0) is 4.74 Å². The Morgan fingerprint density at radius 3 is 2.41 bits per heavy atom. The van der Waals surface area contributed by atoms with Gasteiger partial charge in [0.05, 0.1) is 7.11 Å². The number of esters is 1. The van der Waals surface area contributed by atoms with E-state index in [1.165, 1.54) is 0 Å². The predicted molar refractivity (Wildman–Crippen MR) is 48.8 cm³/mol. The lowest BCUT2D eigenvalue weighted by Crippen LogP contribution is -2.19. The Bertz CT molecular complexity index is 445. The first-order valence-electron chi connectivity index (χ1n) is 4.18. The van der Waals surface area contributed by atoms with Gasteiger partial charge in [-0.15, -0.1) is 13.2 Å². The maximum Gasteiger partial charge on any atom is 0.573 e. The van der Waals surface area contributed by atoms with Gasteiger partial charge in [-0.25, -0.2) is 9.18 Å². The Hall–Kier alpha value is -1.99. The third-order valence-corrected chi connectivity index (χ3v) is 1.75. The van der Waals surface area contributed by atoms with E-state index in [-0.39, 0.29) is 5.69 Å². The molecular formula is C9H7F4NO3. The first kappa shape index (κ1) is 13.1. The van der Waals surface area contributed by atoms with E-state index in [0.29, 0.717) is 6.07 Å². The summed E-state index contributed by atoms with van der Waals surface area (Å²) in [7, 11) is 0.943. The Labute approximate surface area is 92.9 Å². The van der Waals surface area contributed by atoms with E-state index in [2.05, 4.69) is 9.47 Å². The van der Waals surface area contributed by atoms with Crippen LogP contribution in [0.5, 0.6) is 5.75 Å². The lowest BCUT2D eigenvalue weighted by molar-refractivity contribution is -0.275. The average Bonchev–Trinajstić information content (AvgIpc) is 2.20. The molecule has 0 aromatic heterocycles. The summed E-state index contributed by atoms with van der Waals surface area (Å²) in [6.07, 6.45) is -5.07. The van der Waals surface area contributed by atoms with Crippen molar-refractivity contribution in [2.45, 2.75) is 6.36 Å². The number of methoxy groups -OCH3 is 1. The van der Waals surface area contributed by atoms with Crippen LogP contribution in [0.25, 0.3) is 0 Å². The predicted octanol–water partition coefficient (Wildman–Crippen LogP) is 2.09. The Morgan fingerprint density at radius 2 is 1.94 bits per heavy atom. The van der Waals surface area contributed by atoms with Gasteiger partial charge in [-0.2, -0.15) is 0 Å². The molecule has 0 saturated heterocycles. The van der Waals surface area contributed by atoms with Crippen molar-refractivity contribution in [3.8, 4) is 5.75 Å². The number of rotatable bonds is 2. The summed E-state index contributed by atoms with van der Waals surface area (Å²) in [5.41, 5.74) is 4.11. The molecule has 1 rings (SSSR count). The number of carbonyl (C=O) groups excluding carboxylic acids is 1. The summed E-state index contributed by atoms with van der Waals surface area (Å²) in [6, 6.07) is 1.58. The van der Waals surface area contributed by atoms with Crippen LogP contribution < -0.4 is 10.5 Å². The number of anilines is 1. The zero-order valence-corrected chi connectivity index (χ0v) is 8.47. The normalized spacial score (nSPS) is 11.1.